The Kier molecular flexibility index (Phi) is 4.06. The Hall–Kier alpha value is -0.590. The van der Waals surface area contributed by atoms with Gasteiger partial charge in [0.2, 0.25) is 0 Å². The third-order valence-electron chi connectivity index (χ3n) is 2.18. The summed E-state index contributed by atoms with van der Waals surface area (Å²) in [5, 5.41) is 1.88. The van der Waals surface area contributed by atoms with E-state index < -0.39 is 0 Å². The number of carbonyl (C=O) groups excluding carboxylic acids is 1. The SMILES string of the molecule is CN(Cc1ccc(Br)o1)C(=O)c1sccc1Br. The lowest BCUT2D eigenvalue weighted by molar-refractivity contribution is 0.0779. The van der Waals surface area contributed by atoms with E-state index in [4.69, 9.17) is 4.42 Å². The summed E-state index contributed by atoms with van der Waals surface area (Å²) in [5.41, 5.74) is 0. The number of amides is 1. The summed E-state index contributed by atoms with van der Waals surface area (Å²) in [6.45, 7) is 0.453. The molecular weight excluding hydrogens is 370 g/mol. The quantitative estimate of drug-likeness (QED) is 0.804. The van der Waals surface area contributed by atoms with Crippen molar-refractivity contribution in [1.29, 1.82) is 0 Å². The summed E-state index contributed by atoms with van der Waals surface area (Å²) < 4.78 is 6.87. The fourth-order valence-corrected chi connectivity index (χ4v) is 3.24. The topological polar surface area (TPSA) is 33.5 Å². The minimum atomic E-state index is -0.0144. The van der Waals surface area contributed by atoms with Crippen LogP contribution < -0.4 is 0 Å². The van der Waals surface area contributed by atoms with Gasteiger partial charge in [-0.2, -0.15) is 0 Å². The Bertz CT molecular complexity index is 535. The molecule has 0 aromatic carbocycles. The van der Waals surface area contributed by atoms with Gasteiger partial charge < -0.3 is 9.32 Å². The molecule has 2 aromatic rings. The molecular formula is C11H9Br2NO2S. The van der Waals surface area contributed by atoms with Gasteiger partial charge in [0.25, 0.3) is 5.91 Å². The number of carbonyl (C=O) groups is 1. The second-order valence-electron chi connectivity index (χ2n) is 3.46. The van der Waals surface area contributed by atoms with Crippen molar-refractivity contribution in [2.75, 3.05) is 7.05 Å². The summed E-state index contributed by atoms with van der Waals surface area (Å²) in [7, 11) is 1.75. The first-order chi connectivity index (χ1) is 8.08. The van der Waals surface area contributed by atoms with E-state index in [9.17, 15) is 4.79 Å². The van der Waals surface area contributed by atoms with Crippen LogP contribution in [0.15, 0.2) is 37.1 Å². The van der Waals surface area contributed by atoms with Crippen molar-refractivity contribution in [1.82, 2.24) is 4.90 Å². The van der Waals surface area contributed by atoms with E-state index in [1.807, 2.05) is 23.6 Å². The molecule has 90 valence electrons. The number of hydrogen-bond donors (Lipinski definition) is 0. The van der Waals surface area contributed by atoms with Crippen LogP contribution in [0.25, 0.3) is 0 Å². The maximum Gasteiger partial charge on any atom is 0.265 e. The lowest BCUT2D eigenvalue weighted by atomic mass is 10.3. The van der Waals surface area contributed by atoms with Crippen molar-refractivity contribution in [2.45, 2.75) is 6.54 Å². The number of hydrogen-bond acceptors (Lipinski definition) is 3. The molecule has 0 aliphatic heterocycles. The van der Waals surface area contributed by atoms with Crippen molar-refractivity contribution < 1.29 is 9.21 Å². The van der Waals surface area contributed by atoms with Gasteiger partial charge in [-0.15, -0.1) is 11.3 Å². The zero-order chi connectivity index (χ0) is 12.4. The third kappa shape index (κ3) is 3.00. The van der Waals surface area contributed by atoms with Crippen molar-refractivity contribution in [3.63, 3.8) is 0 Å². The summed E-state index contributed by atoms with van der Waals surface area (Å²) >= 11 is 8.01. The van der Waals surface area contributed by atoms with Gasteiger partial charge in [0.15, 0.2) is 4.67 Å². The lowest BCUT2D eigenvalue weighted by Gasteiger charge is -2.14. The van der Waals surface area contributed by atoms with Crippen LogP contribution >= 0.6 is 43.2 Å². The van der Waals surface area contributed by atoms with Crippen LogP contribution in [0.5, 0.6) is 0 Å². The molecule has 0 unspecified atom stereocenters. The first-order valence-electron chi connectivity index (χ1n) is 4.80. The predicted octanol–water partition coefficient (Wildman–Crippen LogP) is 4.14. The zero-order valence-corrected chi connectivity index (χ0v) is 12.9. The van der Waals surface area contributed by atoms with Gasteiger partial charge >= 0.3 is 0 Å². The standard InChI is InChI=1S/C11H9Br2NO2S/c1-14(6-7-2-3-9(13)16-7)11(15)10-8(12)4-5-17-10/h2-5H,6H2,1H3. The molecule has 0 bridgehead atoms. The molecule has 3 nitrogen and oxygen atoms in total. The first kappa shape index (κ1) is 12.9. The summed E-state index contributed by atoms with van der Waals surface area (Å²) in [6, 6.07) is 5.53. The second-order valence-corrected chi connectivity index (χ2v) is 6.02. The van der Waals surface area contributed by atoms with E-state index in [0.29, 0.717) is 16.1 Å². The molecule has 2 aromatic heterocycles. The van der Waals surface area contributed by atoms with E-state index >= 15 is 0 Å². The number of furan rings is 1. The highest BCUT2D eigenvalue weighted by atomic mass is 79.9. The van der Waals surface area contributed by atoms with Crippen LogP contribution in [0.4, 0.5) is 0 Å². The van der Waals surface area contributed by atoms with Crippen molar-refractivity contribution in [3.05, 3.63) is 43.4 Å². The van der Waals surface area contributed by atoms with E-state index in [1.54, 1.807) is 11.9 Å². The Labute approximate surface area is 120 Å². The average molecular weight is 379 g/mol. The highest BCUT2D eigenvalue weighted by molar-refractivity contribution is 9.10. The highest BCUT2D eigenvalue weighted by Gasteiger charge is 2.17. The van der Waals surface area contributed by atoms with Gasteiger partial charge in [-0.25, -0.2) is 0 Å². The largest absolute Gasteiger partial charge is 0.452 e. The van der Waals surface area contributed by atoms with Crippen LogP contribution in [0.1, 0.15) is 15.4 Å². The number of halogens is 2. The first-order valence-corrected chi connectivity index (χ1v) is 7.27. The van der Waals surface area contributed by atoms with E-state index in [0.717, 1.165) is 10.2 Å². The molecule has 0 radical (unpaired) electrons. The molecule has 0 aliphatic rings. The molecule has 0 aliphatic carbocycles. The summed E-state index contributed by atoms with van der Waals surface area (Å²) in [5.74, 6) is 0.736. The van der Waals surface area contributed by atoms with Gasteiger partial charge in [-0.3, -0.25) is 4.79 Å². The molecule has 17 heavy (non-hydrogen) atoms. The van der Waals surface area contributed by atoms with Gasteiger partial charge in [0.1, 0.15) is 10.6 Å². The maximum atomic E-state index is 12.1. The zero-order valence-electron chi connectivity index (χ0n) is 8.94. The molecule has 6 heteroatoms. The van der Waals surface area contributed by atoms with E-state index in [-0.39, 0.29) is 5.91 Å². The molecule has 0 atom stereocenters. The maximum absolute atomic E-state index is 12.1. The fraction of sp³-hybridized carbons (Fsp3) is 0.182. The van der Waals surface area contributed by atoms with Gasteiger partial charge in [0, 0.05) is 11.5 Å². The predicted molar refractivity (Wildman–Crippen MR) is 74.2 cm³/mol. The molecule has 0 fully saturated rings. The van der Waals surface area contributed by atoms with Crippen molar-refractivity contribution >= 4 is 49.1 Å². The number of rotatable bonds is 3. The third-order valence-corrected chi connectivity index (χ3v) is 4.43. The summed E-state index contributed by atoms with van der Waals surface area (Å²) in [6.07, 6.45) is 0. The van der Waals surface area contributed by atoms with Crippen LogP contribution in [-0.4, -0.2) is 17.9 Å². The molecule has 0 saturated heterocycles. The Morgan fingerprint density at radius 3 is 2.71 bits per heavy atom. The normalized spacial score (nSPS) is 10.5. The Morgan fingerprint density at radius 1 is 1.41 bits per heavy atom. The van der Waals surface area contributed by atoms with Crippen LogP contribution in [0.2, 0.25) is 0 Å². The smallest absolute Gasteiger partial charge is 0.265 e. The van der Waals surface area contributed by atoms with Gasteiger partial charge in [-0.1, -0.05) is 0 Å². The molecule has 2 rings (SSSR count). The van der Waals surface area contributed by atoms with Crippen LogP contribution in [-0.2, 0) is 6.54 Å². The van der Waals surface area contributed by atoms with Crippen LogP contribution in [0.3, 0.4) is 0 Å². The minimum absolute atomic E-state index is 0.0144. The van der Waals surface area contributed by atoms with Gasteiger partial charge in [0.05, 0.1) is 6.54 Å². The second kappa shape index (κ2) is 5.37. The minimum Gasteiger partial charge on any atom is -0.452 e. The molecule has 1 amide bonds. The highest BCUT2D eigenvalue weighted by Crippen LogP contribution is 2.24. The molecule has 0 saturated carbocycles. The number of nitrogens with zero attached hydrogens (tertiary/aromatic N) is 1. The fourth-order valence-electron chi connectivity index (χ4n) is 1.36. The summed E-state index contributed by atoms with van der Waals surface area (Å²) in [4.78, 5) is 14.4. The molecule has 0 N–H and O–H groups in total. The molecule has 2 heterocycles. The average Bonchev–Trinajstić information content (AvgIpc) is 2.86. The lowest BCUT2D eigenvalue weighted by Crippen LogP contribution is -2.25. The van der Waals surface area contributed by atoms with Crippen molar-refractivity contribution in [3.8, 4) is 0 Å². The van der Waals surface area contributed by atoms with E-state index in [2.05, 4.69) is 31.9 Å². The Balaban J connectivity index is 2.08. The monoisotopic (exact) mass is 377 g/mol. The Morgan fingerprint density at radius 2 is 2.18 bits per heavy atom. The van der Waals surface area contributed by atoms with Gasteiger partial charge in [-0.05, 0) is 55.4 Å². The number of thiophene rings is 1. The molecule has 0 spiro atoms. The van der Waals surface area contributed by atoms with Crippen LogP contribution in [0, 0.1) is 0 Å². The van der Waals surface area contributed by atoms with E-state index in [1.165, 1.54) is 11.3 Å². The van der Waals surface area contributed by atoms with Crippen molar-refractivity contribution in [2.24, 2.45) is 0 Å².